The lowest BCUT2D eigenvalue weighted by Gasteiger charge is -2.33. The zero-order chi connectivity index (χ0) is 13.1. The molecule has 0 spiro atoms. The molecule has 0 radical (unpaired) electrons. The van der Waals surface area contributed by atoms with E-state index in [-0.39, 0.29) is 0 Å². The summed E-state index contributed by atoms with van der Waals surface area (Å²) in [5.74, 6) is 0. The Labute approximate surface area is 115 Å². The highest BCUT2D eigenvalue weighted by Gasteiger charge is 2.19. The van der Waals surface area contributed by atoms with E-state index in [2.05, 4.69) is 21.9 Å². The molecular formula is C15H23N3O. The summed E-state index contributed by atoms with van der Waals surface area (Å²) in [7, 11) is 0. The van der Waals surface area contributed by atoms with Gasteiger partial charge in [0, 0.05) is 45.0 Å². The lowest BCUT2D eigenvalue weighted by Crippen LogP contribution is -2.42. The van der Waals surface area contributed by atoms with E-state index in [9.17, 15) is 0 Å². The maximum absolute atomic E-state index is 6.09. The molecule has 1 aromatic carbocycles. The predicted molar refractivity (Wildman–Crippen MR) is 77.1 cm³/mol. The number of benzene rings is 1. The first-order valence-electron chi connectivity index (χ1n) is 7.21. The van der Waals surface area contributed by atoms with Gasteiger partial charge in [0.15, 0.2) is 0 Å². The van der Waals surface area contributed by atoms with Crippen molar-refractivity contribution < 1.29 is 4.74 Å². The van der Waals surface area contributed by atoms with Crippen molar-refractivity contribution in [2.45, 2.75) is 13.0 Å². The molecule has 4 nitrogen and oxygen atoms in total. The van der Waals surface area contributed by atoms with Crippen LogP contribution in [0.3, 0.4) is 0 Å². The van der Waals surface area contributed by atoms with Crippen LogP contribution < -0.4 is 5.73 Å². The van der Waals surface area contributed by atoms with Crippen molar-refractivity contribution in [1.82, 2.24) is 9.80 Å². The van der Waals surface area contributed by atoms with Crippen LogP contribution in [0, 0.1) is 0 Å². The van der Waals surface area contributed by atoms with Gasteiger partial charge >= 0.3 is 0 Å². The van der Waals surface area contributed by atoms with E-state index in [4.69, 9.17) is 10.5 Å². The first kappa shape index (κ1) is 12.9. The van der Waals surface area contributed by atoms with E-state index in [0.717, 1.165) is 64.6 Å². The number of anilines is 1. The van der Waals surface area contributed by atoms with Gasteiger partial charge < -0.3 is 10.5 Å². The van der Waals surface area contributed by atoms with Crippen LogP contribution >= 0.6 is 0 Å². The van der Waals surface area contributed by atoms with Crippen molar-refractivity contribution in [2.24, 2.45) is 0 Å². The zero-order valence-corrected chi connectivity index (χ0v) is 11.5. The molecule has 2 N–H and O–H groups in total. The maximum Gasteiger partial charge on any atom is 0.0594 e. The zero-order valence-electron chi connectivity index (χ0n) is 11.5. The van der Waals surface area contributed by atoms with E-state index in [0.29, 0.717) is 0 Å². The Bertz CT molecular complexity index is 429. The average Bonchev–Trinajstić information content (AvgIpc) is 2.47. The first-order chi connectivity index (χ1) is 9.33. The number of hydrogen-bond acceptors (Lipinski definition) is 4. The van der Waals surface area contributed by atoms with Crippen molar-refractivity contribution >= 4 is 5.69 Å². The van der Waals surface area contributed by atoms with Crippen molar-refractivity contribution in [3.63, 3.8) is 0 Å². The third-order valence-electron chi connectivity index (χ3n) is 4.22. The average molecular weight is 261 g/mol. The summed E-state index contributed by atoms with van der Waals surface area (Å²) < 4.78 is 5.38. The van der Waals surface area contributed by atoms with Crippen molar-refractivity contribution in [2.75, 3.05) is 51.7 Å². The van der Waals surface area contributed by atoms with Crippen molar-refractivity contribution in [3.8, 4) is 0 Å². The van der Waals surface area contributed by atoms with Gasteiger partial charge in [0.2, 0.25) is 0 Å². The molecule has 1 saturated heterocycles. The number of rotatable bonds is 3. The molecule has 0 bridgehead atoms. The fourth-order valence-corrected chi connectivity index (χ4v) is 2.96. The smallest absolute Gasteiger partial charge is 0.0594 e. The summed E-state index contributed by atoms with van der Waals surface area (Å²) in [6.45, 7) is 8.36. The van der Waals surface area contributed by atoms with E-state index in [1.165, 1.54) is 11.1 Å². The lowest BCUT2D eigenvalue weighted by molar-refractivity contribution is 0.0327. The van der Waals surface area contributed by atoms with Crippen LogP contribution in [0.1, 0.15) is 11.1 Å². The summed E-state index contributed by atoms with van der Waals surface area (Å²) in [5, 5.41) is 0. The Morgan fingerprint density at radius 2 is 1.84 bits per heavy atom. The molecule has 19 heavy (non-hydrogen) atoms. The Balaban J connectivity index is 1.55. The number of morpholine rings is 1. The van der Waals surface area contributed by atoms with Crippen molar-refractivity contribution in [3.05, 3.63) is 29.3 Å². The molecule has 1 fully saturated rings. The summed E-state index contributed by atoms with van der Waals surface area (Å²) in [6, 6.07) is 6.30. The van der Waals surface area contributed by atoms with Gasteiger partial charge in [-0.15, -0.1) is 0 Å². The molecule has 0 aromatic heterocycles. The molecule has 2 heterocycles. The molecule has 1 aromatic rings. The third kappa shape index (κ3) is 3.08. The highest BCUT2D eigenvalue weighted by atomic mass is 16.5. The van der Waals surface area contributed by atoms with Crippen LogP contribution in [0.15, 0.2) is 18.2 Å². The fraction of sp³-hybridized carbons (Fsp3) is 0.600. The van der Waals surface area contributed by atoms with Gasteiger partial charge in [-0.1, -0.05) is 12.1 Å². The minimum atomic E-state index is 0.885. The monoisotopic (exact) mass is 261 g/mol. The van der Waals surface area contributed by atoms with Gasteiger partial charge in [-0.2, -0.15) is 0 Å². The molecule has 0 atom stereocenters. The second-order valence-electron chi connectivity index (χ2n) is 5.47. The minimum absolute atomic E-state index is 0.885. The van der Waals surface area contributed by atoms with Crippen LogP contribution in [0.4, 0.5) is 5.69 Å². The van der Waals surface area contributed by atoms with Crippen molar-refractivity contribution in [1.29, 1.82) is 0 Å². The molecule has 2 aliphatic heterocycles. The molecule has 0 saturated carbocycles. The SMILES string of the molecule is Nc1cccc2c1CN(CCN1CCOCC1)CC2. The van der Waals surface area contributed by atoms with Crippen LogP contribution in [0.2, 0.25) is 0 Å². The van der Waals surface area contributed by atoms with Gasteiger partial charge in [0.05, 0.1) is 13.2 Å². The number of fused-ring (bicyclic) bond motifs is 1. The quantitative estimate of drug-likeness (QED) is 0.823. The van der Waals surface area contributed by atoms with E-state index < -0.39 is 0 Å². The minimum Gasteiger partial charge on any atom is -0.398 e. The van der Waals surface area contributed by atoms with Crippen LogP contribution in [-0.4, -0.2) is 55.7 Å². The highest BCUT2D eigenvalue weighted by molar-refractivity contribution is 5.51. The molecule has 0 aliphatic carbocycles. The van der Waals surface area contributed by atoms with Gasteiger partial charge in [-0.3, -0.25) is 9.80 Å². The Morgan fingerprint density at radius 1 is 1.05 bits per heavy atom. The Hall–Kier alpha value is -1.10. The van der Waals surface area contributed by atoms with Gasteiger partial charge in [0.25, 0.3) is 0 Å². The second-order valence-corrected chi connectivity index (χ2v) is 5.47. The van der Waals surface area contributed by atoms with E-state index >= 15 is 0 Å². The Kier molecular flexibility index (Phi) is 4.01. The van der Waals surface area contributed by atoms with Crippen LogP contribution in [0.5, 0.6) is 0 Å². The highest BCUT2D eigenvalue weighted by Crippen LogP contribution is 2.23. The molecule has 0 unspecified atom stereocenters. The largest absolute Gasteiger partial charge is 0.398 e. The molecular weight excluding hydrogens is 238 g/mol. The first-order valence-corrected chi connectivity index (χ1v) is 7.21. The molecule has 4 heteroatoms. The molecule has 3 rings (SSSR count). The van der Waals surface area contributed by atoms with Gasteiger partial charge in [-0.25, -0.2) is 0 Å². The Morgan fingerprint density at radius 3 is 2.68 bits per heavy atom. The van der Waals surface area contributed by atoms with Crippen LogP contribution in [0.25, 0.3) is 0 Å². The lowest BCUT2D eigenvalue weighted by atomic mass is 9.98. The molecule has 2 aliphatic rings. The summed E-state index contributed by atoms with van der Waals surface area (Å²) >= 11 is 0. The van der Waals surface area contributed by atoms with Gasteiger partial charge in [0.1, 0.15) is 0 Å². The number of hydrogen-bond donors (Lipinski definition) is 1. The molecule has 104 valence electrons. The molecule has 0 amide bonds. The number of nitrogens with zero attached hydrogens (tertiary/aromatic N) is 2. The van der Waals surface area contributed by atoms with E-state index in [1.807, 2.05) is 6.07 Å². The maximum atomic E-state index is 6.09. The normalized spacial score (nSPS) is 21.3. The van der Waals surface area contributed by atoms with E-state index in [1.54, 1.807) is 0 Å². The summed E-state index contributed by atoms with van der Waals surface area (Å²) in [4.78, 5) is 5.02. The number of nitrogens with two attached hydrogens (primary N) is 1. The predicted octanol–water partition coefficient (Wildman–Crippen LogP) is 0.959. The fourth-order valence-electron chi connectivity index (χ4n) is 2.96. The number of ether oxygens (including phenoxy) is 1. The second kappa shape index (κ2) is 5.90. The number of nitrogen functional groups attached to an aromatic ring is 1. The van der Waals surface area contributed by atoms with Crippen LogP contribution in [-0.2, 0) is 17.7 Å². The standard InChI is InChI=1S/C15H23N3O/c16-15-3-1-2-13-4-5-18(12-14(13)15)7-6-17-8-10-19-11-9-17/h1-3H,4-12,16H2. The third-order valence-corrected chi connectivity index (χ3v) is 4.22. The topological polar surface area (TPSA) is 41.7 Å². The summed E-state index contributed by atoms with van der Waals surface area (Å²) in [5.41, 5.74) is 9.82. The van der Waals surface area contributed by atoms with Gasteiger partial charge in [-0.05, 0) is 23.6 Å². The summed E-state index contributed by atoms with van der Waals surface area (Å²) in [6.07, 6.45) is 1.13.